The number of hydrogen-bond acceptors (Lipinski definition) is 6. The highest BCUT2D eigenvalue weighted by Crippen LogP contribution is 2.32. The molecule has 8 nitrogen and oxygen atoms in total. The van der Waals surface area contributed by atoms with Gasteiger partial charge in [-0.1, -0.05) is 6.07 Å². The molecule has 2 N–H and O–H groups in total. The number of rotatable bonds is 9. The smallest absolute Gasteiger partial charge is 0.376 e. The summed E-state index contributed by atoms with van der Waals surface area (Å²) >= 11 is 1.21. The minimum Gasteiger partial charge on any atom is -0.376 e. The van der Waals surface area contributed by atoms with Gasteiger partial charge in [0.1, 0.15) is 6.54 Å². The molecule has 1 atom stereocenters. The first-order chi connectivity index (χ1) is 15.7. The van der Waals surface area contributed by atoms with Crippen LogP contribution in [0.15, 0.2) is 35.8 Å². The van der Waals surface area contributed by atoms with Gasteiger partial charge in [-0.15, -0.1) is 11.3 Å². The van der Waals surface area contributed by atoms with Crippen LogP contribution in [0.2, 0.25) is 0 Å². The van der Waals surface area contributed by atoms with Crippen LogP contribution < -0.4 is 15.5 Å². The predicted molar refractivity (Wildman–Crippen MR) is 116 cm³/mol. The number of ether oxygens (including phenoxy) is 1. The fraction of sp³-hybridized carbons (Fsp3) is 0.429. The van der Waals surface area contributed by atoms with Crippen molar-refractivity contribution in [2.24, 2.45) is 0 Å². The molecular weight excluding hydrogens is 461 g/mol. The Morgan fingerprint density at radius 1 is 1.21 bits per heavy atom. The third kappa shape index (κ3) is 7.53. The highest BCUT2D eigenvalue weighted by atomic mass is 32.1. The molecule has 1 saturated heterocycles. The van der Waals surface area contributed by atoms with Crippen molar-refractivity contribution in [2.75, 3.05) is 29.9 Å². The van der Waals surface area contributed by atoms with Crippen molar-refractivity contribution in [3.63, 3.8) is 0 Å². The maximum Gasteiger partial charge on any atom is 0.416 e. The van der Waals surface area contributed by atoms with E-state index in [1.165, 1.54) is 23.6 Å². The van der Waals surface area contributed by atoms with Crippen molar-refractivity contribution in [3.8, 4) is 0 Å². The van der Waals surface area contributed by atoms with E-state index in [9.17, 15) is 27.6 Å². The summed E-state index contributed by atoms with van der Waals surface area (Å²) < 4.78 is 44.9. The minimum absolute atomic E-state index is 0.0811. The van der Waals surface area contributed by atoms with Crippen LogP contribution >= 0.6 is 11.3 Å². The summed E-state index contributed by atoms with van der Waals surface area (Å²) in [7, 11) is 0. The molecule has 0 unspecified atom stereocenters. The lowest BCUT2D eigenvalue weighted by atomic mass is 10.1. The van der Waals surface area contributed by atoms with Crippen molar-refractivity contribution >= 4 is 39.9 Å². The van der Waals surface area contributed by atoms with Gasteiger partial charge in [0.05, 0.1) is 11.7 Å². The van der Waals surface area contributed by atoms with Gasteiger partial charge in [-0.3, -0.25) is 14.4 Å². The van der Waals surface area contributed by atoms with Crippen molar-refractivity contribution in [1.29, 1.82) is 0 Å². The molecule has 0 bridgehead atoms. The van der Waals surface area contributed by atoms with Gasteiger partial charge in [0.15, 0.2) is 5.13 Å². The second-order valence-electron chi connectivity index (χ2n) is 7.35. The van der Waals surface area contributed by atoms with Gasteiger partial charge < -0.3 is 20.3 Å². The largest absolute Gasteiger partial charge is 0.416 e. The van der Waals surface area contributed by atoms with Crippen LogP contribution in [-0.2, 0) is 25.3 Å². The zero-order chi connectivity index (χ0) is 23.8. The van der Waals surface area contributed by atoms with Gasteiger partial charge in [-0.2, -0.15) is 13.2 Å². The molecule has 178 valence electrons. The number of alkyl halides is 3. The highest BCUT2D eigenvalue weighted by molar-refractivity contribution is 7.13. The molecule has 0 spiro atoms. The van der Waals surface area contributed by atoms with Gasteiger partial charge >= 0.3 is 6.18 Å². The van der Waals surface area contributed by atoms with E-state index in [1.54, 1.807) is 5.38 Å². The second kappa shape index (κ2) is 11.2. The van der Waals surface area contributed by atoms with Crippen molar-refractivity contribution in [2.45, 2.75) is 38.0 Å². The lowest BCUT2D eigenvalue weighted by Crippen LogP contribution is -2.43. The van der Waals surface area contributed by atoms with E-state index in [2.05, 4.69) is 15.6 Å². The van der Waals surface area contributed by atoms with Crippen molar-refractivity contribution < 1.29 is 32.3 Å². The average Bonchev–Trinajstić information content (AvgIpc) is 3.48. The Morgan fingerprint density at radius 2 is 2.03 bits per heavy atom. The van der Waals surface area contributed by atoms with Crippen LogP contribution in [0.25, 0.3) is 0 Å². The van der Waals surface area contributed by atoms with Crippen LogP contribution in [0.3, 0.4) is 0 Å². The summed E-state index contributed by atoms with van der Waals surface area (Å²) in [6, 6.07) is 4.17. The van der Waals surface area contributed by atoms with Crippen LogP contribution in [0.4, 0.5) is 24.0 Å². The summed E-state index contributed by atoms with van der Waals surface area (Å²) in [5, 5.41) is 7.23. The van der Waals surface area contributed by atoms with Crippen LogP contribution in [0.5, 0.6) is 0 Å². The molecule has 1 aliphatic rings. The van der Waals surface area contributed by atoms with Crippen LogP contribution in [0, 0.1) is 0 Å². The summed E-state index contributed by atoms with van der Waals surface area (Å²) in [4.78, 5) is 42.2. The maximum absolute atomic E-state index is 13.2. The lowest BCUT2D eigenvalue weighted by Gasteiger charge is -2.24. The Bertz CT molecular complexity index is 963. The minimum atomic E-state index is -4.61. The van der Waals surface area contributed by atoms with Crippen molar-refractivity contribution in [3.05, 3.63) is 41.4 Å². The molecule has 1 aromatic heterocycles. The van der Waals surface area contributed by atoms with E-state index in [0.29, 0.717) is 11.7 Å². The predicted octanol–water partition coefficient (Wildman–Crippen LogP) is 3.21. The molecule has 1 aromatic carbocycles. The molecule has 0 aliphatic carbocycles. The number of carbonyl (C=O) groups is 3. The molecule has 2 aromatic rings. The van der Waals surface area contributed by atoms with Gasteiger partial charge in [0.2, 0.25) is 17.7 Å². The Labute approximate surface area is 192 Å². The van der Waals surface area contributed by atoms with Gasteiger partial charge in [-0.05, 0) is 31.0 Å². The molecule has 33 heavy (non-hydrogen) atoms. The number of halogens is 3. The first-order valence-electron chi connectivity index (χ1n) is 10.3. The highest BCUT2D eigenvalue weighted by Gasteiger charge is 2.31. The summed E-state index contributed by atoms with van der Waals surface area (Å²) in [5.41, 5.74) is -1.03. The maximum atomic E-state index is 13.2. The summed E-state index contributed by atoms with van der Waals surface area (Å²) in [6.45, 7) is 0.374. The molecule has 2 heterocycles. The number of thiazole rings is 1. The van der Waals surface area contributed by atoms with E-state index in [4.69, 9.17) is 4.74 Å². The molecule has 1 fully saturated rings. The third-order valence-electron chi connectivity index (χ3n) is 4.88. The van der Waals surface area contributed by atoms with Gasteiger partial charge in [0.25, 0.3) is 0 Å². The number of anilines is 2. The Hall–Kier alpha value is -2.99. The Balaban J connectivity index is 1.67. The number of nitrogens with zero attached hydrogens (tertiary/aromatic N) is 2. The quantitative estimate of drug-likeness (QED) is 0.569. The molecule has 0 saturated carbocycles. The molecule has 12 heteroatoms. The Morgan fingerprint density at radius 3 is 2.70 bits per heavy atom. The first kappa shape index (κ1) is 24.6. The van der Waals surface area contributed by atoms with E-state index >= 15 is 0 Å². The molecule has 1 aliphatic heterocycles. The molecule has 3 amide bonds. The lowest BCUT2D eigenvalue weighted by molar-refractivity contribution is -0.137. The number of benzene rings is 1. The van der Waals surface area contributed by atoms with E-state index in [-0.39, 0.29) is 31.2 Å². The standard InChI is InChI=1S/C21H23F3N4O4S/c22-21(23,24)14-3-1-4-15(11-14)28(13-18(30)26-12-16-5-2-9-32-16)19(31)7-6-17(29)27-20-25-8-10-33-20/h1,3-4,8,10-11,16H,2,5-7,9,12-13H2,(H,26,30)(H,25,27,29)/t16-/m1/s1. The van der Waals surface area contributed by atoms with E-state index < -0.39 is 36.0 Å². The average molecular weight is 485 g/mol. The molecule has 0 radical (unpaired) electrons. The molecule has 3 rings (SSSR count). The topological polar surface area (TPSA) is 101 Å². The normalized spacial score (nSPS) is 15.8. The number of nitrogens with one attached hydrogen (secondary N) is 2. The second-order valence-corrected chi connectivity index (χ2v) is 8.25. The zero-order valence-corrected chi connectivity index (χ0v) is 18.4. The fourth-order valence-electron chi connectivity index (χ4n) is 3.23. The van der Waals surface area contributed by atoms with Crippen LogP contribution in [-0.4, -0.2) is 48.5 Å². The zero-order valence-electron chi connectivity index (χ0n) is 17.6. The fourth-order valence-corrected chi connectivity index (χ4v) is 3.77. The van der Waals surface area contributed by atoms with Crippen LogP contribution in [0.1, 0.15) is 31.2 Å². The van der Waals surface area contributed by atoms with E-state index in [1.807, 2.05) is 0 Å². The summed E-state index contributed by atoms with van der Waals surface area (Å²) in [5.74, 6) is -1.66. The Kier molecular flexibility index (Phi) is 8.39. The monoisotopic (exact) mass is 484 g/mol. The van der Waals surface area contributed by atoms with E-state index in [0.717, 1.165) is 35.9 Å². The third-order valence-corrected chi connectivity index (χ3v) is 5.57. The first-order valence-corrected chi connectivity index (χ1v) is 11.2. The number of aromatic nitrogens is 1. The van der Waals surface area contributed by atoms with Gasteiger partial charge in [-0.25, -0.2) is 4.98 Å². The van der Waals surface area contributed by atoms with Crippen molar-refractivity contribution in [1.82, 2.24) is 10.3 Å². The number of carbonyl (C=O) groups excluding carboxylic acids is 3. The summed E-state index contributed by atoms with van der Waals surface area (Å²) in [6.07, 6.45) is -2.06. The van der Waals surface area contributed by atoms with Gasteiger partial charge in [0, 0.05) is 43.3 Å². The number of hydrogen-bond donors (Lipinski definition) is 2. The molecular formula is C21H23F3N4O4S. The SMILES string of the molecule is O=C(CN(C(=O)CCC(=O)Nc1nccs1)c1cccc(C(F)(F)F)c1)NC[C@H]1CCCO1. The number of amides is 3.